The molecule has 2 aromatic rings. The van der Waals surface area contributed by atoms with Gasteiger partial charge in [0.25, 0.3) is 5.56 Å². The van der Waals surface area contributed by atoms with Crippen LogP contribution in [0.1, 0.15) is 18.4 Å². The second kappa shape index (κ2) is 7.37. The minimum absolute atomic E-state index is 0.160. The minimum Gasteiger partial charge on any atom is -0.381 e. The van der Waals surface area contributed by atoms with Gasteiger partial charge in [-0.1, -0.05) is 28.1 Å². The van der Waals surface area contributed by atoms with E-state index in [0.717, 1.165) is 10.0 Å². The second-order valence-electron chi connectivity index (χ2n) is 5.99. The molecule has 1 aliphatic heterocycles. The van der Waals surface area contributed by atoms with Gasteiger partial charge in [-0.3, -0.25) is 19.1 Å². The van der Waals surface area contributed by atoms with Crippen LogP contribution in [0.2, 0.25) is 0 Å². The molecule has 0 unspecified atom stereocenters. The summed E-state index contributed by atoms with van der Waals surface area (Å²) in [5.74, 6) is -0.295. The van der Waals surface area contributed by atoms with Crippen LogP contribution in [0.25, 0.3) is 0 Å². The number of halogens is 1. The number of amides is 1. The zero-order valence-corrected chi connectivity index (χ0v) is 15.0. The Kier molecular flexibility index (Phi) is 5.19. The first-order valence-electron chi connectivity index (χ1n) is 7.93. The number of rotatable bonds is 4. The van der Waals surface area contributed by atoms with Crippen molar-refractivity contribution in [2.45, 2.75) is 24.9 Å². The number of carbonyl (C=O) groups excluding carboxylic acids is 1. The topological polar surface area (TPSA) is 93.2 Å². The van der Waals surface area contributed by atoms with Gasteiger partial charge in [0.2, 0.25) is 5.91 Å². The molecule has 7 nitrogen and oxygen atoms in total. The molecule has 3 rings (SSSR count). The predicted molar refractivity (Wildman–Crippen MR) is 95.3 cm³/mol. The van der Waals surface area contributed by atoms with E-state index >= 15 is 0 Å². The lowest BCUT2D eigenvalue weighted by molar-refractivity contribution is -0.125. The molecule has 2 heterocycles. The zero-order valence-electron chi connectivity index (χ0n) is 13.5. The molecule has 132 valence electrons. The summed E-state index contributed by atoms with van der Waals surface area (Å²) in [6.45, 7) is 0.934. The molecule has 1 aromatic heterocycles. The number of benzene rings is 1. The number of carbonyl (C=O) groups is 1. The maximum atomic E-state index is 12.6. The Morgan fingerprint density at radius 1 is 1.28 bits per heavy atom. The molecule has 0 aliphatic carbocycles. The second-order valence-corrected chi connectivity index (χ2v) is 6.91. The predicted octanol–water partition coefficient (Wildman–Crippen LogP) is 1.12. The summed E-state index contributed by atoms with van der Waals surface area (Å²) in [7, 11) is 0. The summed E-state index contributed by atoms with van der Waals surface area (Å²) in [6, 6.07) is 9.03. The third kappa shape index (κ3) is 4.08. The molecule has 0 saturated carbocycles. The fourth-order valence-electron chi connectivity index (χ4n) is 3.02. The van der Waals surface area contributed by atoms with Crippen molar-refractivity contribution in [2.75, 3.05) is 13.2 Å². The first kappa shape index (κ1) is 17.6. The van der Waals surface area contributed by atoms with Crippen molar-refractivity contribution in [1.29, 1.82) is 0 Å². The highest BCUT2D eigenvalue weighted by molar-refractivity contribution is 9.10. The summed E-state index contributed by atoms with van der Waals surface area (Å²) in [5, 5.41) is 3.07. The fourth-order valence-corrected chi connectivity index (χ4v) is 3.42. The SMILES string of the molecule is O=C(Cn1ccc(=O)[nH]c1=O)NC1(c2cccc(Br)c2)CCOCC1. The smallest absolute Gasteiger partial charge is 0.328 e. The van der Waals surface area contributed by atoms with Crippen molar-refractivity contribution in [2.24, 2.45) is 0 Å². The zero-order chi connectivity index (χ0) is 17.9. The lowest BCUT2D eigenvalue weighted by atomic mass is 9.82. The van der Waals surface area contributed by atoms with Gasteiger partial charge in [0.1, 0.15) is 6.54 Å². The lowest BCUT2D eigenvalue weighted by Gasteiger charge is -2.38. The summed E-state index contributed by atoms with van der Waals surface area (Å²) >= 11 is 3.47. The van der Waals surface area contributed by atoms with E-state index in [1.54, 1.807) is 0 Å². The van der Waals surface area contributed by atoms with E-state index in [1.165, 1.54) is 16.8 Å². The number of ether oxygens (including phenoxy) is 1. The number of hydrogen-bond acceptors (Lipinski definition) is 4. The van der Waals surface area contributed by atoms with Gasteiger partial charge in [0.15, 0.2) is 0 Å². The Balaban J connectivity index is 1.84. The third-order valence-corrected chi connectivity index (χ3v) is 4.81. The van der Waals surface area contributed by atoms with Gasteiger partial charge in [-0.05, 0) is 30.5 Å². The molecular weight excluding hydrogens is 390 g/mol. The normalized spacial score (nSPS) is 16.4. The van der Waals surface area contributed by atoms with Crippen LogP contribution in [-0.4, -0.2) is 28.7 Å². The van der Waals surface area contributed by atoms with E-state index in [2.05, 4.69) is 26.2 Å². The average molecular weight is 408 g/mol. The molecule has 0 atom stereocenters. The molecule has 0 radical (unpaired) electrons. The standard InChI is InChI=1S/C17H18BrN3O4/c18-13-3-1-2-12(10-13)17(5-8-25-9-6-17)20-15(23)11-21-7-4-14(22)19-16(21)24/h1-4,7,10H,5-6,8-9,11H2,(H,20,23)(H,19,22,24). The first-order valence-corrected chi connectivity index (χ1v) is 8.72. The Morgan fingerprint density at radius 3 is 2.72 bits per heavy atom. The van der Waals surface area contributed by atoms with Crippen molar-refractivity contribution in [1.82, 2.24) is 14.9 Å². The summed E-state index contributed by atoms with van der Waals surface area (Å²) < 4.78 is 7.55. The molecule has 1 amide bonds. The maximum absolute atomic E-state index is 12.6. The number of aromatic amines is 1. The third-order valence-electron chi connectivity index (χ3n) is 4.31. The van der Waals surface area contributed by atoms with Crippen LogP contribution in [0.5, 0.6) is 0 Å². The molecular formula is C17H18BrN3O4. The molecule has 2 N–H and O–H groups in total. The molecule has 8 heteroatoms. The van der Waals surface area contributed by atoms with E-state index in [0.29, 0.717) is 26.1 Å². The van der Waals surface area contributed by atoms with E-state index in [-0.39, 0.29) is 12.5 Å². The molecule has 25 heavy (non-hydrogen) atoms. The minimum atomic E-state index is -0.605. The number of nitrogens with one attached hydrogen (secondary N) is 2. The summed E-state index contributed by atoms with van der Waals surface area (Å²) in [4.78, 5) is 37.6. The van der Waals surface area contributed by atoms with Crippen molar-refractivity contribution < 1.29 is 9.53 Å². The van der Waals surface area contributed by atoms with Crippen LogP contribution in [0.4, 0.5) is 0 Å². The van der Waals surface area contributed by atoms with Crippen molar-refractivity contribution in [3.05, 3.63) is 67.4 Å². The quantitative estimate of drug-likeness (QED) is 0.793. The van der Waals surface area contributed by atoms with Gasteiger partial charge < -0.3 is 10.1 Å². The van der Waals surface area contributed by atoms with Crippen molar-refractivity contribution in [3.8, 4) is 0 Å². The Hall–Kier alpha value is -2.19. The highest BCUT2D eigenvalue weighted by Crippen LogP contribution is 2.33. The molecule has 1 fully saturated rings. The molecule has 1 aromatic carbocycles. The average Bonchev–Trinajstić information content (AvgIpc) is 2.58. The van der Waals surface area contributed by atoms with Crippen LogP contribution in [0.3, 0.4) is 0 Å². The van der Waals surface area contributed by atoms with Gasteiger partial charge in [0.05, 0.1) is 5.54 Å². The highest BCUT2D eigenvalue weighted by atomic mass is 79.9. The number of H-pyrrole nitrogens is 1. The molecule has 1 aliphatic rings. The van der Waals surface area contributed by atoms with Gasteiger partial charge in [0, 0.05) is 29.9 Å². The number of nitrogens with zero attached hydrogens (tertiary/aromatic N) is 1. The van der Waals surface area contributed by atoms with Crippen molar-refractivity contribution >= 4 is 21.8 Å². The summed E-state index contributed by atoms with van der Waals surface area (Å²) in [6.07, 6.45) is 2.61. The maximum Gasteiger partial charge on any atom is 0.328 e. The monoisotopic (exact) mass is 407 g/mol. The van der Waals surface area contributed by atoms with Gasteiger partial charge in [-0.2, -0.15) is 0 Å². The van der Waals surface area contributed by atoms with Crippen molar-refractivity contribution in [3.63, 3.8) is 0 Å². The van der Waals surface area contributed by atoms with E-state index in [1.807, 2.05) is 24.3 Å². The van der Waals surface area contributed by atoms with Gasteiger partial charge >= 0.3 is 5.69 Å². The van der Waals surface area contributed by atoms with E-state index < -0.39 is 16.8 Å². The largest absolute Gasteiger partial charge is 0.381 e. The Bertz CT molecular complexity index is 884. The van der Waals surface area contributed by atoms with Gasteiger partial charge in [-0.15, -0.1) is 0 Å². The van der Waals surface area contributed by atoms with Crippen LogP contribution >= 0.6 is 15.9 Å². The van der Waals surface area contributed by atoms with Gasteiger partial charge in [-0.25, -0.2) is 4.79 Å². The van der Waals surface area contributed by atoms with E-state index in [9.17, 15) is 14.4 Å². The summed E-state index contributed by atoms with van der Waals surface area (Å²) in [5.41, 5.74) is -0.638. The van der Waals surface area contributed by atoms with Crippen LogP contribution in [0, 0.1) is 0 Å². The number of aromatic nitrogens is 2. The Morgan fingerprint density at radius 2 is 2.04 bits per heavy atom. The molecule has 0 bridgehead atoms. The van der Waals surface area contributed by atoms with Crippen LogP contribution < -0.4 is 16.6 Å². The molecule has 1 saturated heterocycles. The first-order chi connectivity index (χ1) is 12.0. The molecule has 0 spiro atoms. The van der Waals surface area contributed by atoms with Crippen LogP contribution in [0.15, 0.2) is 50.6 Å². The van der Waals surface area contributed by atoms with Crippen LogP contribution in [-0.2, 0) is 21.6 Å². The number of hydrogen-bond donors (Lipinski definition) is 2. The van der Waals surface area contributed by atoms with E-state index in [4.69, 9.17) is 4.74 Å². The fraction of sp³-hybridized carbons (Fsp3) is 0.353. The highest BCUT2D eigenvalue weighted by Gasteiger charge is 2.36. The Labute approximate surface area is 152 Å². The lowest BCUT2D eigenvalue weighted by Crippen LogP contribution is -2.51.